The second-order valence-electron chi connectivity index (χ2n) is 6.72. The van der Waals surface area contributed by atoms with Crippen LogP contribution in [0.4, 0.5) is 5.69 Å². The largest absolute Gasteiger partial charge is 0.452 e. The first-order chi connectivity index (χ1) is 12.6. The van der Waals surface area contributed by atoms with Gasteiger partial charge in [0.2, 0.25) is 0 Å². The molecule has 148 valence electrons. The van der Waals surface area contributed by atoms with Gasteiger partial charge in [-0.2, -0.15) is 0 Å². The maximum absolute atomic E-state index is 12.1. The van der Waals surface area contributed by atoms with E-state index in [-0.39, 0.29) is 11.6 Å². The molecule has 0 unspecified atom stereocenters. The van der Waals surface area contributed by atoms with Crippen LogP contribution in [0.5, 0.6) is 0 Å². The fourth-order valence-electron chi connectivity index (χ4n) is 3.09. The van der Waals surface area contributed by atoms with E-state index >= 15 is 0 Å². The second kappa shape index (κ2) is 8.47. The summed E-state index contributed by atoms with van der Waals surface area (Å²) in [5.41, 5.74) is -0.916. The second-order valence-corrected chi connectivity index (χ2v) is 8.71. The van der Waals surface area contributed by atoms with Gasteiger partial charge in [-0.1, -0.05) is 19.8 Å². The molecule has 2 atom stereocenters. The van der Waals surface area contributed by atoms with Crippen molar-refractivity contribution >= 4 is 27.4 Å². The van der Waals surface area contributed by atoms with Gasteiger partial charge in [-0.3, -0.25) is 14.9 Å². The van der Waals surface area contributed by atoms with Crippen LogP contribution >= 0.6 is 0 Å². The average molecular weight is 398 g/mol. The van der Waals surface area contributed by atoms with Crippen molar-refractivity contribution in [2.24, 2.45) is 5.92 Å². The Balaban J connectivity index is 2.02. The van der Waals surface area contributed by atoms with Crippen LogP contribution in [0.2, 0.25) is 0 Å². The summed E-state index contributed by atoms with van der Waals surface area (Å²) < 4.78 is 28.1. The van der Waals surface area contributed by atoms with Crippen LogP contribution in [0.25, 0.3) is 0 Å². The highest BCUT2D eigenvalue weighted by molar-refractivity contribution is 7.90. The lowest BCUT2D eigenvalue weighted by Gasteiger charge is -2.29. The zero-order valence-electron chi connectivity index (χ0n) is 15.1. The van der Waals surface area contributed by atoms with Crippen LogP contribution in [0.1, 0.15) is 43.0 Å². The van der Waals surface area contributed by atoms with Gasteiger partial charge in [-0.15, -0.1) is 0 Å². The van der Waals surface area contributed by atoms with Crippen LogP contribution in [0, 0.1) is 16.0 Å². The van der Waals surface area contributed by atoms with E-state index in [0.29, 0.717) is 5.92 Å². The van der Waals surface area contributed by atoms with Crippen molar-refractivity contribution in [2.75, 3.05) is 12.9 Å². The van der Waals surface area contributed by atoms with Crippen molar-refractivity contribution in [2.45, 2.75) is 43.5 Å². The first kappa shape index (κ1) is 20.8. The Bertz CT molecular complexity index is 851. The number of nitrogens with zero attached hydrogens (tertiary/aromatic N) is 1. The molecule has 10 heteroatoms. The van der Waals surface area contributed by atoms with Gasteiger partial charge in [-0.25, -0.2) is 13.2 Å². The number of rotatable bonds is 6. The summed E-state index contributed by atoms with van der Waals surface area (Å²) >= 11 is 0. The summed E-state index contributed by atoms with van der Waals surface area (Å²) in [5.74, 6) is -1.03. The highest BCUT2D eigenvalue weighted by atomic mass is 32.2. The fourth-order valence-corrected chi connectivity index (χ4v) is 3.92. The topological polar surface area (TPSA) is 133 Å². The third kappa shape index (κ3) is 5.49. The van der Waals surface area contributed by atoms with Crippen LogP contribution in [0.3, 0.4) is 0 Å². The van der Waals surface area contributed by atoms with E-state index in [1.165, 1.54) is 0 Å². The molecule has 0 bridgehead atoms. The Labute approximate surface area is 157 Å². The SMILES string of the molecule is C[C@@H]1CCCC[C@H]1NC(=O)COC(=O)c1ccc(S(C)(=O)=O)c([N+](=O)[O-])c1. The zero-order chi connectivity index (χ0) is 20.2. The van der Waals surface area contributed by atoms with E-state index in [1.807, 2.05) is 0 Å². The van der Waals surface area contributed by atoms with E-state index in [0.717, 1.165) is 50.1 Å². The summed E-state index contributed by atoms with van der Waals surface area (Å²) in [7, 11) is -3.83. The molecule has 1 aromatic rings. The summed E-state index contributed by atoms with van der Waals surface area (Å²) in [6, 6.07) is 2.97. The summed E-state index contributed by atoms with van der Waals surface area (Å²) in [6.45, 7) is 1.54. The van der Waals surface area contributed by atoms with Crippen LogP contribution in [-0.4, -0.2) is 44.1 Å². The maximum Gasteiger partial charge on any atom is 0.338 e. The van der Waals surface area contributed by atoms with Gasteiger partial charge >= 0.3 is 5.97 Å². The van der Waals surface area contributed by atoms with E-state index in [4.69, 9.17) is 4.74 Å². The molecule has 1 fully saturated rings. The van der Waals surface area contributed by atoms with Crippen molar-refractivity contribution in [1.29, 1.82) is 0 Å². The van der Waals surface area contributed by atoms with Crippen LogP contribution in [0.15, 0.2) is 23.1 Å². The number of nitro benzene ring substituents is 1. The van der Waals surface area contributed by atoms with Crippen molar-refractivity contribution in [1.82, 2.24) is 5.32 Å². The maximum atomic E-state index is 12.1. The van der Waals surface area contributed by atoms with E-state index < -0.39 is 43.8 Å². The number of ether oxygens (including phenoxy) is 1. The van der Waals surface area contributed by atoms with Crippen molar-refractivity contribution in [3.05, 3.63) is 33.9 Å². The normalized spacial score (nSPS) is 19.9. The lowest BCUT2D eigenvalue weighted by Crippen LogP contribution is -2.42. The Morgan fingerprint density at radius 3 is 2.56 bits per heavy atom. The van der Waals surface area contributed by atoms with Crippen LogP contribution < -0.4 is 5.32 Å². The smallest absolute Gasteiger partial charge is 0.338 e. The molecule has 9 nitrogen and oxygen atoms in total. The number of amides is 1. The first-order valence-electron chi connectivity index (χ1n) is 8.54. The summed E-state index contributed by atoms with van der Waals surface area (Å²) in [5, 5.41) is 13.9. The van der Waals surface area contributed by atoms with Gasteiger partial charge in [0.15, 0.2) is 16.4 Å². The third-order valence-electron chi connectivity index (χ3n) is 4.58. The molecule has 0 radical (unpaired) electrons. The van der Waals surface area contributed by atoms with Crippen LogP contribution in [-0.2, 0) is 19.4 Å². The molecule has 1 aliphatic rings. The van der Waals surface area contributed by atoms with Gasteiger partial charge < -0.3 is 10.1 Å². The number of esters is 1. The summed E-state index contributed by atoms with van der Waals surface area (Å²) in [4.78, 5) is 33.8. The number of hydrogen-bond acceptors (Lipinski definition) is 7. The molecule has 0 spiro atoms. The minimum absolute atomic E-state index is 0.0417. The van der Waals surface area contributed by atoms with E-state index in [9.17, 15) is 28.1 Å². The van der Waals surface area contributed by atoms with E-state index in [1.54, 1.807) is 0 Å². The number of benzene rings is 1. The molecule has 27 heavy (non-hydrogen) atoms. The minimum Gasteiger partial charge on any atom is -0.452 e. The average Bonchev–Trinajstić information content (AvgIpc) is 2.60. The third-order valence-corrected chi connectivity index (χ3v) is 5.73. The predicted octanol–water partition coefficient (Wildman–Crippen LogP) is 1.85. The molecular weight excluding hydrogens is 376 g/mol. The molecule has 1 N–H and O–H groups in total. The molecular formula is C17H22N2O7S. The molecule has 1 aromatic carbocycles. The number of nitrogens with one attached hydrogen (secondary N) is 1. The fraction of sp³-hybridized carbons (Fsp3) is 0.529. The predicted molar refractivity (Wildman–Crippen MR) is 96.1 cm³/mol. The molecule has 0 saturated heterocycles. The van der Waals surface area contributed by atoms with Crippen molar-refractivity contribution in [3.63, 3.8) is 0 Å². The Kier molecular flexibility index (Phi) is 6.53. The Morgan fingerprint density at radius 2 is 1.96 bits per heavy atom. The van der Waals surface area contributed by atoms with Gasteiger partial charge in [0, 0.05) is 18.4 Å². The quantitative estimate of drug-likeness (QED) is 0.439. The lowest BCUT2D eigenvalue weighted by atomic mass is 9.86. The van der Waals surface area contributed by atoms with E-state index in [2.05, 4.69) is 12.2 Å². The van der Waals surface area contributed by atoms with Crippen molar-refractivity contribution < 1.29 is 27.7 Å². The van der Waals surface area contributed by atoms with Crippen molar-refractivity contribution in [3.8, 4) is 0 Å². The highest BCUT2D eigenvalue weighted by Crippen LogP contribution is 2.25. The Morgan fingerprint density at radius 1 is 1.30 bits per heavy atom. The number of sulfone groups is 1. The molecule has 1 saturated carbocycles. The highest BCUT2D eigenvalue weighted by Gasteiger charge is 2.26. The molecule has 1 amide bonds. The monoisotopic (exact) mass is 398 g/mol. The molecule has 0 aromatic heterocycles. The van der Waals surface area contributed by atoms with Gasteiger partial charge in [-0.05, 0) is 30.9 Å². The summed E-state index contributed by atoms with van der Waals surface area (Å²) in [6.07, 6.45) is 4.90. The number of nitro groups is 1. The lowest BCUT2D eigenvalue weighted by molar-refractivity contribution is -0.387. The number of carbonyl (C=O) groups excluding carboxylic acids is 2. The van der Waals surface area contributed by atoms with Gasteiger partial charge in [0.1, 0.15) is 4.90 Å². The van der Waals surface area contributed by atoms with Gasteiger partial charge in [0.25, 0.3) is 11.6 Å². The molecule has 0 aliphatic heterocycles. The molecule has 1 aliphatic carbocycles. The zero-order valence-corrected chi connectivity index (χ0v) is 16.0. The number of carbonyl (C=O) groups is 2. The first-order valence-corrected chi connectivity index (χ1v) is 10.4. The number of hydrogen-bond donors (Lipinski definition) is 1. The molecule has 0 heterocycles. The minimum atomic E-state index is -3.83. The Hall–Kier alpha value is -2.49. The van der Waals surface area contributed by atoms with Gasteiger partial charge in [0.05, 0.1) is 10.5 Å². The molecule has 2 rings (SSSR count). The standard InChI is InChI=1S/C17H22N2O7S/c1-11-5-3-4-6-13(11)18-16(20)10-26-17(21)12-7-8-15(27(2,24)25)14(9-12)19(22)23/h7-9,11,13H,3-6,10H2,1-2H3,(H,18,20)/t11-,13-/m1/s1.